The van der Waals surface area contributed by atoms with Crippen LogP contribution in [0.5, 0.6) is 0 Å². The van der Waals surface area contributed by atoms with Crippen LogP contribution in [0.25, 0.3) is 0 Å². The SMILES string of the molecule is COC(=O)[C@@]1(C)C[C@@](Nc2cccc(Cl)c2)(C(=O)OC)c2ccc(Cl)cc2N1. The van der Waals surface area contributed by atoms with Crippen LogP contribution >= 0.6 is 23.2 Å². The molecule has 2 aromatic rings. The van der Waals surface area contributed by atoms with E-state index in [9.17, 15) is 9.59 Å². The topological polar surface area (TPSA) is 76.7 Å². The molecule has 1 heterocycles. The van der Waals surface area contributed by atoms with Gasteiger partial charge < -0.3 is 20.1 Å². The Bertz CT molecular complexity index is 936. The van der Waals surface area contributed by atoms with Crippen molar-refractivity contribution >= 4 is 46.5 Å². The van der Waals surface area contributed by atoms with Gasteiger partial charge in [-0.2, -0.15) is 0 Å². The highest BCUT2D eigenvalue weighted by Crippen LogP contribution is 2.46. The van der Waals surface area contributed by atoms with E-state index < -0.39 is 23.0 Å². The third kappa shape index (κ3) is 3.50. The molecule has 0 saturated heterocycles. The predicted octanol–water partition coefficient (Wildman–Crippen LogP) is 4.22. The first-order chi connectivity index (χ1) is 13.2. The minimum Gasteiger partial charge on any atom is -0.467 e. The number of hydrogen-bond donors (Lipinski definition) is 2. The summed E-state index contributed by atoms with van der Waals surface area (Å²) >= 11 is 12.3. The number of rotatable bonds is 4. The van der Waals surface area contributed by atoms with Crippen LogP contribution in [0.4, 0.5) is 11.4 Å². The smallest absolute Gasteiger partial charge is 0.336 e. The fourth-order valence-electron chi connectivity index (χ4n) is 3.64. The molecule has 0 fully saturated rings. The minimum atomic E-state index is -1.37. The van der Waals surface area contributed by atoms with Crippen LogP contribution in [0, 0.1) is 0 Å². The molecule has 0 saturated carbocycles. The summed E-state index contributed by atoms with van der Waals surface area (Å²) in [5, 5.41) is 7.37. The minimum absolute atomic E-state index is 0.0422. The number of anilines is 2. The molecule has 0 amide bonds. The normalized spacial score (nSPS) is 23.2. The average Bonchev–Trinajstić information content (AvgIpc) is 2.66. The Balaban J connectivity index is 2.23. The first-order valence-electron chi connectivity index (χ1n) is 8.53. The molecule has 0 spiro atoms. The van der Waals surface area contributed by atoms with Gasteiger partial charge in [-0.25, -0.2) is 9.59 Å². The zero-order valence-corrected chi connectivity index (χ0v) is 17.1. The molecule has 0 aliphatic carbocycles. The van der Waals surface area contributed by atoms with E-state index in [1.54, 1.807) is 49.4 Å². The lowest BCUT2D eigenvalue weighted by molar-refractivity contribution is -0.151. The Morgan fingerprint density at radius 2 is 1.71 bits per heavy atom. The molecule has 0 aromatic heterocycles. The van der Waals surface area contributed by atoms with Crippen LogP contribution in [0.1, 0.15) is 18.9 Å². The molecule has 3 rings (SSSR count). The van der Waals surface area contributed by atoms with Crippen LogP contribution in [-0.2, 0) is 24.6 Å². The largest absolute Gasteiger partial charge is 0.467 e. The second kappa shape index (κ2) is 7.53. The van der Waals surface area contributed by atoms with Crippen LogP contribution in [-0.4, -0.2) is 31.7 Å². The second-order valence-corrected chi connectivity index (χ2v) is 7.72. The number of halogens is 2. The summed E-state index contributed by atoms with van der Waals surface area (Å²) in [5.41, 5.74) is -0.829. The van der Waals surface area contributed by atoms with Crippen molar-refractivity contribution in [2.45, 2.75) is 24.4 Å². The van der Waals surface area contributed by atoms with Gasteiger partial charge in [0, 0.05) is 33.4 Å². The first kappa shape index (κ1) is 20.3. The zero-order valence-electron chi connectivity index (χ0n) is 15.6. The molecule has 2 atom stereocenters. The van der Waals surface area contributed by atoms with Gasteiger partial charge in [0.1, 0.15) is 5.54 Å². The number of carbonyl (C=O) groups is 2. The molecule has 148 valence electrons. The number of fused-ring (bicyclic) bond motifs is 1. The lowest BCUT2D eigenvalue weighted by Crippen LogP contribution is -2.59. The van der Waals surface area contributed by atoms with Crippen molar-refractivity contribution in [1.29, 1.82) is 0 Å². The number of esters is 2. The van der Waals surface area contributed by atoms with Gasteiger partial charge in [-0.05, 0) is 37.3 Å². The van der Waals surface area contributed by atoms with E-state index in [-0.39, 0.29) is 6.42 Å². The van der Waals surface area contributed by atoms with Gasteiger partial charge in [0.05, 0.1) is 14.2 Å². The molecule has 1 aliphatic rings. The van der Waals surface area contributed by atoms with E-state index in [0.717, 1.165) is 0 Å². The molecule has 0 unspecified atom stereocenters. The molecular formula is C20H20Cl2N2O4. The number of methoxy groups -OCH3 is 2. The summed E-state index contributed by atoms with van der Waals surface area (Å²) in [6.45, 7) is 1.67. The summed E-state index contributed by atoms with van der Waals surface area (Å²) in [6.07, 6.45) is 0.0422. The second-order valence-electron chi connectivity index (χ2n) is 6.85. The summed E-state index contributed by atoms with van der Waals surface area (Å²) in [7, 11) is 2.60. The highest BCUT2D eigenvalue weighted by atomic mass is 35.5. The summed E-state index contributed by atoms with van der Waals surface area (Å²) < 4.78 is 10.1. The number of ether oxygens (including phenoxy) is 2. The maximum Gasteiger partial charge on any atom is 0.336 e. The van der Waals surface area contributed by atoms with Crippen molar-refractivity contribution in [3.8, 4) is 0 Å². The van der Waals surface area contributed by atoms with Crippen molar-refractivity contribution in [3.63, 3.8) is 0 Å². The van der Waals surface area contributed by atoms with Crippen molar-refractivity contribution in [1.82, 2.24) is 0 Å². The summed E-state index contributed by atoms with van der Waals surface area (Å²) in [5.74, 6) is -1.06. The van der Waals surface area contributed by atoms with E-state index in [4.69, 9.17) is 32.7 Å². The monoisotopic (exact) mass is 422 g/mol. The van der Waals surface area contributed by atoms with Gasteiger partial charge in [0.2, 0.25) is 0 Å². The van der Waals surface area contributed by atoms with E-state index in [1.807, 2.05) is 0 Å². The maximum absolute atomic E-state index is 13.1. The van der Waals surface area contributed by atoms with E-state index in [2.05, 4.69) is 10.6 Å². The van der Waals surface area contributed by atoms with Crippen molar-refractivity contribution < 1.29 is 19.1 Å². The molecule has 0 radical (unpaired) electrons. The molecule has 2 aromatic carbocycles. The molecule has 2 N–H and O–H groups in total. The summed E-state index contributed by atoms with van der Waals surface area (Å²) in [6, 6.07) is 12.0. The third-order valence-electron chi connectivity index (χ3n) is 4.82. The van der Waals surface area contributed by atoms with Crippen molar-refractivity contribution in [2.75, 3.05) is 24.9 Å². The number of benzene rings is 2. The van der Waals surface area contributed by atoms with Gasteiger partial charge in [-0.1, -0.05) is 35.3 Å². The highest BCUT2D eigenvalue weighted by Gasteiger charge is 2.55. The first-order valence-corrected chi connectivity index (χ1v) is 9.28. The van der Waals surface area contributed by atoms with Crippen molar-refractivity contribution in [3.05, 3.63) is 58.1 Å². The Labute approximate surface area is 173 Å². The van der Waals surface area contributed by atoms with Crippen LogP contribution < -0.4 is 10.6 Å². The predicted molar refractivity (Wildman–Crippen MR) is 109 cm³/mol. The average molecular weight is 423 g/mol. The van der Waals surface area contributed by atoms with Crippen LogP contribution in [0.3, 0.4) is 0 Å². The van der Waals surface area contributed by atoms with E-state index >= 15 is 0 Å². The van der Waals surface area contributed by atoms with Gasteiger partial charge >= 0.3 is 11.9 Å². The van der Waals surface area contributed by atoms with Gasteiger partial charge in [0.25, 0.3) is 0 Å². The summed E-state index contributed by atoms with van der Waals surface area (Å²) in [4.78, 5) is 25.7. The number of carbonyl (C=O) groups excluding carboxylic acids is 2. The van der Waals surface area contributed by atoms with Crippen LogP contribution in [0.15, 0.2) is 42.5 Å². The lowest BCUT2D eigenvalue weighted by Gasteiger charge is -2.45. The van der Waals surface area contributed by atoms with Gasteiger partial charge in [0.15, 0.2) is 5.54 Å². The number of hydrogen-bond acceptors (Lipinski definition) is 6. The molecule has 1 aliphatic heterocycles. The Morgan fingerprint density at radius 3 is 2.36 bits per heavy atom. The Kier molecular flexibility index (Phi) is 5.46. The molecular weight excluding hydrogens is 403 g/mol. The van der Waals surface area contributed by atoms with E-state index in [1.165, 1.54) is 14.2 Å². The van der Waals surface area contributed by atoms with Crippen LogP contribution in [0.2, 0.25) is 10.0 Å². The van der Waals surface area contributed by atoms with Gasteiger partial charge in [-0.3, -0.25) is 0 Å². The molecule has 28 heavy (non-hydrogen) atoms. The quantitative estimate of drug-likeness (QED) is 0.718. The molecule has 8 heteroatoms. The fraction of sp³-hybridized carbons (Fsp3) is 0.300. The Hall–Kier alpha value is -2.44. The lowest BCUT2D eigenvalue weighted by atomic mass is 9.73. The zero-order chi connectivity index (χ0) is 20.5. The molecule has 0 bridgehead atoms. The number of nitrogens with one attached hydrogen (secondary N) is 2. The fourth-order valence-corrected chi connectivity index (χ4v) is 4.00. The third-order valence-corrected chi connectivity index (χ3v) is 5.29. The van der Waals surface area contributed by atoms with Gasteiger partial charge in [-0.15, -0.1) is 0 Å². The Morgan fingerprint density at radius 1 is 1.04 bits per heavy atom. The molecule has 6 nitrogen and oxygen atoms in total. The van der Waals surface area contributed by atoms with E-state index in [0.29, 0.717) is 27.0 Å². The van der Waals surface area contributed by atoms with Crippen molar-refractivity contribution in [2.24, 2.45) is 0 Å². The maximum atomic E-state index is 13.1. The highest BCUT2D eigenvalue weighted by molar-refractivity contribution is 6.31. The standard InChI is InChI=1S/C20H20Cl2N2O4/c1-19(17(25)27-2)11-20(18(26)28-3,23-14-6-4-5-12(21)9-14)15-8-7-13(22)10-16(15)24-19/h4-10,23-24H,11H2,1-3H3/t19-,20+/m1/s1.